The molecular formula is C12H24N2. The van der Waals surface area contributed by atoms with Crippen LogP contribution in [0, 0.1) is 0 Å². The van der Waals surface area contributed by atoms with Crippen molar-refractivity contribution in [3.63, 3.8) is 0 Å². The van der Waals surface area contributed by atoms with Crippen molar-refractivity contribution in [1.82, 2.24) is 4.90 Å². The normalized spacial score (nSPS) is 18.7. The summed E-state index contributed by atoms with van der Waals surface area (Å²) < 4.78 is 0. The Kier molecular flexibility index (Phi) is 5.20. The van der Waals surface area contributed by atoms with Gasteiger partial charge in [0.2, 0.25) is 0 Å². The minimum atomic E-state index is 0.688. The molecule has 0 saturated heterocycles. The molecule has 0 aliphatic carbocycles. The monoisotopic (exact) mass is 196 g/mol. The molecule has 0 saturated carbocycles. The summed E-state index contributed by atoms with van der Waals surface area (Å²) in [7, 11) is 0. The molecule has 14 heavy (non-hydrogen) atoms. The van der Waals surface area contributed by atoms with Crippen LogP contribution in [0.5, 0.6) is 0 Å². The van der Waals surface area contributed by atoms with Crippen molar-refractivity contribution in [1.29, 1.82) is 0 Å². The summed E-state index contributed by atoms with van der Waals surface area (Å²) in [5, 5.41) is 0. The molecule has 2 N–H and O–H groups in total. The highest BCUT2D eigenvalue weighted by atomic mass is 15.1. The third-order valence-electron chi connectivity index (χ3n) is 2.94. The van der Waals surface area contributed by atoms with Crippen molar-refractivity contribution in [3.05, 3.63) is 11.6 Å². The SMILES string of the molecule is CC(C)N1CCC=C(CCCCN)C1. The van der Waals surface area contributed by atoms with Gasteiger partial charge in [0.05, 0.1) is 0 Å². The van der Waals surface area contributed by atoms with E-state index in [0.717, 1.165) is 6.54 Å². The smallest absolute Gasteiger partial charge is 0.0195 e. The van der Waals surface area contributed by atoms with Crippen molar-refractivity contribution in [3.8, 4) is 0 Å². The molecule has 0 fully saturated rings. The summed E-state index contributed by atoms with van der Waals surface area (Å²) in [6, 6.07) is 0.688. The van der Waals surface area contributed by atoms with Crippen LogP contribution in [0.25, 0.3) is 0 Å². The van der Waals surface area contributed by atoms with E-state index in [2.05, 4.69) is 24.8 Å². The van der Waals surface area contributed by atoms with Gasteiger partial charge >= 0.3 is 0 Å². The Hall–Kier alpha value is -0.340. The lowest BCUT2D eigenvalue weighted by Gasteiger charge is -2.30. The van der Waals surface area contributed by atoms with E-state index < -0.39 is 0 Å². The Morgan fingerprint density at radius 3 is 2.86 bits per heavy atom. The summed E-state index contributed by atoms with van der Waals surface area (Å²) >= 11 is 0. The Balaban J connectivity index is 2.28. The van der Waals surface area contributed by atoms with Crippen LogP contribution in [-0.4, -0.2) is 30.6 Å². The Morgan fingerprint density at radius 1 is 1.43 bits per heavy atom. The first-order valence-corrected chi connectivity index (χ1v) is 5.86. The quantitative estimate of drug-likeness (QED) is 0.539. The summed E-state index contributed by atoms with van der Waals surface area (Å²) in [4.78, 5) is 2.55. The van der Waals surface area contributed by atoms with Gasteiger partial charge in [-0.3, -0.25) is 4.90 Å². The highest BCUT2D eigenvalue weighted by molar-refractivity contribution is 5.08. The third-order valence-corrected chi connectivity index (χ3v) is 2.94. The van der Waals surface area contributed by atoms with E-state index >= 15 is 0 Å². The zero-order valence-electron chi connectivity index (χ0n) is 9.63. The number of rotatable bonds is 5. The van der Waals surface area contributed by atoms with Crippen molar-refractivity contribution in [2.75, 3.05) is 19.6 Å². The number of hydrogen-bond donors (Lipinski definition) is 1. The average Bonchev–Trinajstić information content (AvgIpc) is 2.19. The fourth-order valence-corrected chi connectivity index (χ4v) is 1.96. The number of unbranched alkanes of at least 4 members (excludes halogenated alkanes) is 1. The summed E-state index contributed by atoms with van der Waals surface area (Å²) in [6.07, 6.45) is 7.33. The Morgan fingerprint density at radius 2 is 2.21 bits per heavy atom. The Bertz CT molecular complexity index is 185. The molecule has 1 aliphatic heterocycles. The van der Waals surface area contributed by atoms with Crippen molar-refractivity contribution in [2.24, 2.45) is 5.73 Å². The molecule has 2 heteroatoms. The fourth-order valence-electron chi connectivity index (χ4n) is 1.96. The van der Waals surface area contributed by atoms with Crippen LogP contribution < -0.4 is 5.73 Å². The maximum atomic E-state index is 5.49. The van der Waals surface area contributed by atoms with Gasteiger partial charge in [0.1, 0.15) is 0 Å². The lowest BCUT2D eigenvalue weighted by atomic mass is 10.0. The average molecular weight is 196 g/mol. The van der Waals surface area contributed by atoms with Crippen LogP contribution in [0.3, 0.4) is 0 Å². The van der Waals surface area contributed by atoms with Gasteiger partial charge in [-0.25, -0.2) is 0 Å². The van der Waals surface area contributed by atoms with Crippen LogP contribution >= 0.6 is 0 Å². The van der Waals surface area contributed by atoms with E-state index in [1.807, 2.05) is 0 Å². The lowest BCUT2D eigenvalue weighted by Crippen LogP contribution is -2.35. The van der Waals surface area contributed by atoms with Crippen LogP contribution in [0.1, 0.15) is 39.5 Å². The zero-order chi connectivity index (χ0) is 10.4. The topological polar surface area (TPSA) is 29.3 Å². The molecule has 0 aromatic rings. The fraction of sp³-hybridized carbons (Fsp3) is 0.833. The molecule has 0 aromatic heterocycles. The van der Waals surface area contributed by atoms with Gasteiger partial charge in [-0.05, 0) is 46.1 Å². The molecule has 1 aliphatic rings. The van der Waals surface area contributed by atoms with Crippen molar-refractivity contribution < 1.29 is 0 Å². The molecule has 0 atom stereocenters. The maximum Gasteiger partial charge on any atom is 0.0195 e. The molecule has 2 nitrogen and oxygen atoms in total. The first kappa shape index (κ1) is 11.7. The van der Waals surface area contributed by atoms with Crippen LogP contribution in [0.15, 0.2) is 11.6 Å². The summed E-state index contributed by atoms with van der Waals surface area (Å²) in [5.74, 6) is 0. The molecule has 0 aromatic carbocycles. The van der Waals surface area contributed by atoms with E-state index in [4.69, 9.17) is 5.73 Å². The minimum absolute atomic E-state index is 0.688. The molecular weight excluding hydrogens is 172 g/mol. The highest BCUT2D eigenvalue weighted by Crippen LogP contribution is 2.17. The standard InChI is InChI=1S/C12H24N2/c1-11(2)14-9-5-7-12(10-14)6-3-4-8-13/h7,11H,3-6,8-10,13H2,1-2H3. The molecule has 0 amide bonds. The molecule has 0 bridgehead atoms. The van der Waals surface area contributed by atoms with E-state index in [9.17, 15) is 0 Å². The predicted molar refractivity (Wildman–Crippen MR) is 62.3 cm³/mol. The molecule has 1 heterocycles. The van der Waals surface area contributed by atoms with Crippen molar-refractivity contribution in [2.45, 2.75) is 45.6 Å². The van der Waals surface area contributed by atoms with Crippen LogP contribution in [0.4, 0.5) is 0 Å². The second-order valence-electron chi connectivity index (χ2n) is 4.46. The van der Waals surface area contributed by atoms with Gasteiger partial charge in [-0.2, -0.15) is 0 Å². The second kappa shape index (κ2) is 6.20. The van der Waals surface area contributed by atoms with Gasteiger partial charge in [-0.15, -0.1) is 0 Å². The number of nitrogens with two attached hydrogens (primary N) is 1. The first-order chi connectivity index (χ1) is 6.74. The van der Waals surface area contributed by atoms with E-state index in [1.165, 1.54) is 38.8 Å². The molecule has 0 unspecified atom stereocenters. The van der Waals surface area contributed by atoms with Gasteiger partial charge in [0.15, 0.2) is 0 Å². The maximum absolute atomic E-state index is 5.49. The lowest BCUT2D eigenvalue weighted by molar-refractivity contribution is 0.233. The largest absolute Gasteiger partial charge is 0.330 e. The molecule has 82 valence electrons. The van der Waals surface area contributed by atoms with E-state index in [1.54, 1.807) is 5.57 Å². The zero-order valence-corrected chi connectivity index (χ0v) is 9.63. The molecule has 0 spiro atoms. The van der Waals surface area contributed by atoms with Crippen LogP contribution in [0.2, 0.25) is 0 Å². The summed E-state index contributed by atoms with van der Waals surface area (Å²) in [6.45, 7) is 7.81. The molecule has 0 radical (unpaired) electrons. The van der Waals surface area contributed by atoms with E-state index in [0.29, 0.717) is 6.04 Å². The van der Waals surface area contributed by atoms with Gasteiger partial charge < -0.3 is 5.73 Å². The van der Waals surface area contributed by atoms with E-state index in [-0.39, 0.29) is 0 Å². The van der Waals surface area contributed by atoms with Gasteiger partial charge in [0, 0.05) is 19.1 Å². The Labute approximate surface area is 88.2 Å². The third kappa shape index (κ3) is 3.81. The van der Waals surface area contributed by atoms with Gasteiger partial charge in [-0.1, -0.05) is 11.6 Å². The minimum Gasteiger partial charge on any atom is -0.330 e. The number of nitrogens with zero attached hydrogens (tertiary/aromatic N) is 1. The predicted octanol–water partition coefficient (Wildman–Crippen LogP) is 2.16. The second-order valence-corrected chi connectivity index (χ2v) is 4.46. The van der Waals surface area contributed by atoms with Crippen molar-refractivity contribution >= 4 is 0 Å². The van der Waals surface area contributed by atoms with Gasteiger partial charge in [0.25, 0.3) is 0 Å². The van der Waals surface area contributed by atoms with Crippen LogP contribution in [-0.2, 0) is 0 Å². The first-order valence-electron chi connectivity index (χ1n) is 5.86. The highest BCUT2D eigenvalue weighted by Gasteiger charge is 2.14. The number of hydrogen-bond acceptors (Lipinski definition) is 2. The molecule has 1 rings (SSSR count). The summed E-state index contributed by atoms with van der Waals surface area (Å²) in [5.41, 5.74) is 7.11.